The van der Waals surface area contributed by atoms with Crippen LogP contribution in [0.3, 0.4) is 0 Å². The Morgan fingerprint density at radius 3 is 2.63 bits per heavy atom. The molecular formula is C22H22FN5O2. The molecule has 1 aliphatic rings. The van der Waals surface area contributed by atoms with Gasteiger partial charge in [0.15, 0.2) is 11.5 Å². The van der Waals surface area contributed by atoms with E-state index >= 15 is 0 Å². The summed E-state index contributed by atoms with van der Waals surface area (Å²) in [6.07, 6.45) is 3.31. The number of fused-ring (bicyclic) bond motifs is 1. The van der Waals surface area contributed by atoms with Gasteiger partial charge in [0, 0.05) is 38.9 Å². The summed E-state index contributed by atoms with van der Waals surface area (Å²) in [5, 5.41) is 0. The van der Waals surface area contributed by atoms with Crippen molar-refractivity contribution in [3.05, 3.63) is 77.0 Å². The number of pyridine rings is 1. The van der Waals surface area contributed by atoms with Crippen molar-refractivity contribution in [3.63, 3.8) is 0 Å². The Morgan fingerprint density at radius 2 is 1.90 bits per heavy atom. The zero-order chi connectivity index (χ0) is 21.1. The Balaban J connectivity index is 1.51. The maximum atomic E-state index is 13.8. The topological polar surface area (TPSA) is 71.3 Å². The first-order chi connectivity index (χ1) is 14.6. The molecule has 1 fully saturated rings. The van der Waals surface area contributed by atoms with E-state index in [1.165, 1.54) is 6.07 Å². The third-order valence-electron chi connectivity index (χ3n) is 5.23. The maximum Gasteiger partial charge on any atom is 0.295 e. The third-order valence-corrected chi connectivity index (χ3v) is 5.23. The van der Waals surface area contributed by atoms with Crippen LogP contribution in [0.5, 0.6) is 0 Å². The molecule has 30 heavy (non-hydrogen) atoms. The minimum Gasteiger partial charge on any atom is -0.348 e. The summed E-state index contributed by atoms with van der Waals surface area (Å²) in [6, 6.07) is 9.90. The Bertz CT molecular complexity index is 1150. The molecule has 3 heterocycles. The van der Waals surface area contributed by atoms with Gasteiger partial charge in [-0.3, -0.25) is 14.2 Å². The van der Waals surface area contributed by atoms with Gasteiger partial charge in [0.05, 0.1) is 6.42 Å². The normalized spacial score (nSPS) is 14.2. The van der Waals surface area contributed by atoms with Gasteiger partial charge in [0.25, 0.3) is 5.56 Å². The number of hydrogen-bond donors (Lipinski definition) is 0. The molecule has 1 amide bonds. The number of piperazine rings is 1. The molecule has 0 atom stereocenters. The van der Waals surface area contributed by atoms with Gasteiger partial charge in [-0.05, 0) is 23.8 Å². The van der Waals surface area contributed by atoms with Crippen LogP contribution in [0.4, 0.5) is 10.2 Å². The second kappa shape index (κ2) is 8.44. The average Bonchev–Trinajstić information content (AvgIpc) is 2.77. The molecule has 8 heteroatoms. The highest BCUT2D eigenvalue weighted by atomic mass is 19.1. The molecule has 0 bridgehead atoms. The highest BCUT2D eigenvalue weighted by molar-refractivity contribution is 5.79. The van der Waals surface area contributed by atoms with Gasteiger partial charge >= 0.3 is 0 Å². The molecule has 0 aliphatic carbocycles. The van der Waals surface area contributed by atoms with Crippen molar-refractivity contribution in [2.75, 3.05) is 31.1 Å². The number of carbonyl (C=O) groups excluding carboxylic acids is 1. The fraction of sp³-hybridized carbons (Fsp3) is 0.273. The van der Waals surface area contributed by atoms with Gasteiger partial charge in [-0.1, -0.05) is 24.3 Å². The number of rotatable bonds is 5. The summed E-state index contributed by atoms with van der Waals surface area (Å²) in [5.41, 5.74) is 1.31. The summed E-state index contributed by atoms with van der Waals surface area (Å²) in [4.78, 5) is 38.0. The van der Waals surface area contributed by atoms with E-state index in [1.807, 2.05) is 11.0 Å². The molecule has 0 unspecified atom stereocenters. The highest BCUT2D eigenvalue weighted by Gasteiger charge is 2.25. The molecule has 0 radical (unpaired) electrons. The fourth-order valence-electron chi connectivity index (χ4n) is 3.65. The molecule has 7 nitrogen and oxygen atoms in total. The first kappa shape index (κ1) is 19.8. The summed E-state index contributed by atoms with van der Waals surface area (Å²) in [6.45, 7) is 5.91. The van der Waals surface area contributed by atoms with Crippen LogP contribution in [0.2, 0.25) is 0 Å². The van der Waals surface area contributed by atoms with Crippen molar-refractivity contribution in [1.29, 1.82) is 0 Å². The van der Waals surface area contributed by atoms with Crippen LogP contribution in [0.25, 0.3) is 11.2 Å². The quantitative estimate of drug-likeness (QED) is 0.605. The lowest BCUT2D eigenvalue weighted by molar-refractivity contribution is -0.130. The van der Waals surface area contributed by atoms with Gasteiger partial charge in [0.1, 0.15) is 11.3 Å². The van der Waals surface area contributed by atoms with Crippen LogP contribution in [-0.4, -0.2) is 51.5 Å². The zero-order valence-corrected chi connectivity index (χ0v) is 16.5. The average molecular weight is 407 g/mol. The van der Waals surface area contributed by atoms with Crippen LogP contribution in [0.15, 0.2) is 60.0 Å². The summed E-state index contributed by atoms with van der Waals surface area (Å²) >= 11 is 0. The standard InChI is InChI=1S/C22H22FN5O2/c1-2-10-28-20-18(8-5-9-24-20)25-21(22(28)30)27-13-11-26(12-14-27)19(29)15-16-6-3-4-7-17(16)23/h2-9H,1,10-15H2. The molecule has 0 N–H and O–H groups in total. The van der Waals surface area contributed by atoms with Crippen molar-refractivity contribution in [1.82, 2.24) is 19.4 Å². The van der Waals surface area contributed by atoms with Crippen LogP contribution >= 0.6 is 0 Å². The predicted molar refractivity (Wildman–Crippen MR) is 113 cm³/mol. The SMILES string of the molecule is C=CCn1c(=O)c(N2CCN(C(=O)Cc3ccccc3F)CC2)nc2cccnc21. The molecule has 1 saturated heterocycles. The predicted octanol–water partition coefficient (Wildman–Crippen LogP) is 2.01. The van der Waals surface area contributed by atoms with Crippen LogP contribution in [-0.2, 0) is 17.8 Å². The molecule has 154 valence electrons. The molecule has 3 aromatic rings. The van der Waals surface area contributed by atoms with E-state index in [-0.39, 0.29) is 23.7 Å². The van der Waals surface area contributed by atoms with Gasteiger partial charge in [-0.25, -0.2) is 14.4 Å². The van der Waals surface area contributed by atoms with E-state index in [0.29, 0.717) is 55.3 Å². The molecule has 1 aromatic carbocycles. The number of allylic oxidation sites excluding steroid dienone is 1. The Labute approximate surface area is 173 Å². The molecular weight excluding hydrogens is 385 g/mol. The van der Waals surface area contributed by atoms with E-state index in [1.54, 1.807) is 46.0 Å². The van der Waals surface area contributed by atoms with Crippen molar-refractivity contribution < 1.29 is 9.18 Å². The number of nitrogens with zero attached hydrogens (tertiary/aromatic N) is 5. The van der Waals surface area contributed by atoms with Crippen molar-refractivity contribution in [2.24, 2.45) is 0 Å². The molecule has 0 saturated carbocycles. The molecule has 4 rings (SSSR count). The number of aromatic nitrogens is 3. The van der Waals surface area contributed by atoms with Crippen LogP contribution in [0.1, 0.15) is 5.56 Å². The fourth-order valence-corrected chi connectivity index (χ4v) is 3.65. The van der Waals surface area contributed by atoms with E-state index in [4.69, 9.17) is 0 Å². The molecule has 0 spiro atoms. The monoisotopic (exact) mass is 407 g/mol. The van der Waals surface area contributed by atoms with E-state index in [0.717, 1.165) is 0 Å². The first-order valence-corrected chi connectivity index (χ1v) is 9.81. The van der Waals surface area contributed by atoms with Crippen LogP contribution in [0, 0.1) is 5.82 Å². The van der Waals surface area contributed by atoms with Gasteiger partial charge < -0.3 is 9.80 Å². The number of benzene rings is 1. The zero-order valence-electron chi connectivity index (χ0n) is 16.5. The smallest absolute Gasteiger partial charge is 0.295 e. The number of halogens is 1. The van der Waals surface area contributed by atoms with Crippen LogP contribution < -0.4 is 10.5 Å². The van der Waals surface area contributed by atoms with Crippen molar-refractivity contribution >= 4 is 22.9 Å². The van der Waals surface area contributed by atoms with Gasteiger partial charge in [-0.15, -0.1) is 6.58 Å². The lowest BCUT2D eigenvalue weighted by Gasteiger charge is -2.35. The number of anilines is 1. The second-order valence-electron chi connectivity index (χ2n) is 7.12. The summed E-state index contributed by atoms with van der Waals surface area (Å²) < 4.78 is 15.4. The van der Waals surface area contributed by atoms with E-state index < -0.39 is 0 Å². The summed E-state index contributed by atoms with van der Waals surface area (Å²) in [5.74, 6) is -0.153. The minimum atomic E-state index is -0.374. The second-order valence-corrected chi connectivity index (χ2v) is 7.12. The number of carbonyl (C=O) groups is 1. The lowest BCUT2D eigenvalue weighted by atomic mass is 10.1. The van der Waals surface area contributed by atoms with E-state index in [2.05, 4.69) is 16.5 Å². The summed E-state index contributed by atoms with van der Waals surface area (Å²) in [7, 11) is 0. The number of hydrogen-bond acceptors (Lipinski definition) is 5. The van der Waals surface area contributed by atoms with Gasteiger partial charge in [-0.2, -0.15) is 0 Å². The highest BCUT2D eigenvalue weighted by Crippen LogP contribution is 2.16. The molecule has 1 aliphatic heterocycles. The first-order valence-electron chi connectivity index (χ1n) is 9.81. The lowest BCUT2D eigenvalue weighted by Crippen LogP contribution is -2.51. The Hall–Kier alpha value is -3.55. The Morgan fingerprint density at radius 1 is 1.13 bits per heavy atom. The van der Waals surface area contributed by atoms with Gasteiger partial charge in [0.2, 0.25) is 5.91 Å². The van der Waals surface area contributed by atoms with E-state index in [9.17, 15) is 14.0 Å². The Kier molecular flexibility index (Phi) is 5.56. The maximum absolute atomic E-state index is 13.8. The third kappa shape index (κ3) is 3.80. The van der Waals surface area contributed by atoms with Crippen molar-refractivity contribution in [3.8, 4) is 0 Å². The number of amides is 1. The minimum absolute atomic E-state index is 0.0265. The largest absolute Gasteiger partial charge is 0.348 e. The van der Waals surface area contributed by atoms with Crippen molar-refractivity contribution in [2.45, 2.75) is 13.0 Å². The molecule has 2 aromatic heterocycles.